The zero-order chi connectivity index (χ0) is 17.4. The Labute approximate surface area is 147 Å². The fourth-order valence-corrected chi connectivity index (χ4v) is 3.78. The van der Waals surface area contributed by atoms with Crippen LogP contribution < -0.4 is 9.64 Å². The first-order valence-electron chi connectivity index (χ1n) is 8.74. The highest BCUT2D eigenvalue weighted by Gasteiger charge is 2.24. The first-order valence-corrected chi connectivity index (χ1v) is 8.74. The zero-order valence-electron chi connectivity index (χ0n) is 14.9. The minimum atomic E-state index is 0.634. The van der Waals surface area contributed by atoms with Gasteiger partial charge in [-0.05, 0) is 42.5 Å². The third kappa shape index (κ3) is 3.04. The third-order valence-corrected chi connectivity index (χ3v) is 4.81. The van der Waals surface area contributed by atoms with E-state index in [1.165, 1.54) is 6.42 Å². The molecule has 2 atom stereocenters. The van der Waals surface area contributed by atoms with Crippen LogP contribution in [0.4, 0.5) is 5.82 Å². The zero-order valence-corrected chi connectivity index (χ0v) is 14.9. The second-order valence-electron chi connectivity index (χ2n) is 7.05. The predicted octanol–water partition coefficient (Wildman–Crippen LogP) is 3.28. The molecule has 6 nitrogen and oxygen atoms in total. The number of methoxy groups -OCH3 is 1. The van der Waals surface area contributed by atoms with E-state index in [1.54, 1.807) is 13.4 Å². The summed E-state index contributed by atoms with van der Waals surface area (Å²) in [6, 6.07) is 10.1. The number of rotatable bonds is 3. The van der Waals surface area contributed by atoms with Crippen molar-refractivity contribution in [3.8, 4) is 17.0 Å². The van der Waals surface area contributed by atoms with E-state index < -0.39 is 0 Å². The van der Waals surface area contributed by atoms with E-state index in [0.717, 1.165) is 35.9 Å². The summed E-state index contributed by atoms with van der Waals surface area (Å²) >= 11 is 0. The van der Waals surface area contributed by atoms with Gasteiger partial charge in [0, 0.05) is 24.7 Å². The van der Waals surface area contributed by atoms with Gasteiger partial charge in [-0.25, -0.2) is 4.98 Å². The van der Waals surface area contributed by atoms with Gasteiger partial charge in [0.25, 0.3) is 5.78 Å². The Morgan fingerprint density at radius 3 is 2.48 bits per heavy atom. The molecular weight excluding hydrogens is 314 g/mol. The van der Waals surface area contributed by atoms with Crippen LogP contribution in [-0.4, -0.2) is 39.8 Å². The van der Waals surface area contributed by atoms with Gasteiger partial charge in [0.05, 0.1) is 12.8 Å². The molecule has 0 bridgehead atoms. The van der Waals surface area contributed by atoms with E-state index in [1.807, 2.05) is 28.8 Å². The van der Waals surface area contributed by atoms with Crippen molar-refractivity contribution >= 4 is 11.6 Å². The summed E-state index contributed by atoms with van der Waals surface area (Å²) in [7, 11) is 1.67. The van der Waals surface area contributed by atoms with E-state index in [-0.39, 0.29) is 0 Å². The van der Waals surface area contributed by atoms with Crippen molar-refractivity contribution in [3.63, 3.8) is 0 Å². The molecule has 1 aliphatic rings. The molecule has 3 heterocycles. The van der Waals surface area contributed by atoms with Crippen LogP contribution in [0, 0.1) is 11.8 Å². The molecule has 0 amide bonds. The molecular formula is C19H23N5O. The quantitative estimate of drug-likeness (QED) is 0.734. The highest BCUT2D eigenvalue weighted by atomic mass is 16.5. The van der Waals surface area contributed by atoms with Crippen LogP contribution in [0.5, 0.6) is 5.75 Å². The molecule has 0 N–H and O–H groups in total. The van der Waals surface area contributed by atoms with Crippen LogP contribution in [0.2, 0.25) is 0 Å². The van der Waals surface area contributed by atoms with Gasteiger partial charge in [0.1, 0.15) is 17.9 Å². The fourth-order valence-electron chi connectivity index (χ4n) is 3.78. The molecule has 2 aromatic heterocycles. The SMILES string of the molecule is COc1ccc(-c2cc(N3C[C@@H](C)C[C@H](C)C3)n3ncnc3n2)cc1. The molecule has 1 aromatic carbocycles. The van der Waals surface area contributed by atoms with E-state index >= 15 is 0 Å². The van der Waals surface area contributed by atoms with Gasteiger partial charge in [0.2, 0.25) is 0 Å². The summed E-state index contributed by atoms with van der Waals surface area (Å²) < 4.78 is 7.10. The second kappa shape index (κ2) is 6.35. The molecule has 0 spiro atoms. The Bertz CT molecular complexity index is 863. The summed E-state index contributed by atoms with van der Waals surface area (Å²) in [5.74, 6) is 3.87. The summed E-state index contributed by atoms with van der Waals surface area (Å²) in [5.41, 5.74) is 1.95. The summed E-state index contributed by atoms with van der Waals surface area (Å²) in [4.78, 5) is 11.4. The lowest BCUT2D eigenvalue weighted by Crippen LogP contribution is -2.39. The maximum atomic E-state index is 5.25. The molecule has 1 aliphatic heterocycles. The Kier molecular flexibility index (Phi) is 4.03. The lowest BCUT2D eigenvalue weighted by molar-refractivity contribution is 0.354. The molecule has 6 heteroatoms. The highest BCUT2D eigenvalue weighted by molar-refractivity contribution is 5.66. The van der Waals surface area contributed by atoms with Gasteiger partial charge < -0.3 is 9.64 Å². The number of nitrogens with zero attached hydrogens (tertiary/aromatic N) is 5. The van der Waals surface area contributed by atoms with Crippen molar-refractivity contribution < 1.29 is 4.74 Å². The first-order chi connectivity index (χ1) is 12.1. The molecule has 130 valence electrons. The number of hydrogen-bond donors (Lipinski definition) is 0. The van der Waals surface area contributed by atoms with Gasteiger partial charge in [0.15, 0.2) is 0 Å². The molecule has 0 saturated carbocycles. The monoisotopic (exact) mass is 337 g/mol. The van der Waals surface area contributed by atoms with Crippen molar-refractivity contribution in [2.45, 2.75) is 20.3 Å². The van der Waals surface area contributed by atoms with E-state index in [9.17, 15) is 0 Å². The summed E-state index contributed by atoms with van der Waals surface area (Å²) in [5, 5.41) is 4.39. The number of anilines is 1. The molecule has 1 saturated heterocycles. The molecule has 25 heavy (non-hydrogen) atoms. The van der Waals surface area contributed by atoms with Crippen molar-refractivity contribution in [2.24, 2.45) is 11.8 Å². The van der Waals surface area contributed by atoms with Crippen LogP contribution in [0.1, 0.15) is 20.3 Å². The smallest absolute Gasteiger partial charge is 0.254 e. The summed E-state index contributed by atoms with van der Waals surface area (Å²) in [6.45, 7) is 6.69. The van der Waals surface area contributed by atoms with Gasteiger partial charge in [-0.15, -0.1) is 0 Å². The molecule has 0 radical (unpaired) electrons. The molecule has 0 aliphatic carbocycles. The Hall–Kier alpha value is -2.63. The normalized spacial score (nSPS) is 20.8. The number of ether oxygens (including phenoxy) is 1. The van der Waals surface area contributed by atoms with E-state index in [0.29, 0.717) is 17.6 Å². The molecule has 1 fully saturated rings. The standard InChI is InChI=1S/C19H23N5O/c1-13-8-14(2)11-23(10-13)18-9-17(22-19-20-12-21-24(18)19)15-4-6-16(25-3)7-5-15/h4-7,9,12-14H,8,10-11H2,1-3H3/t13-,14-/m0/s1. The predicted molar refractivity (Wildman–Crippen MR) is 97.9 cm³/mol. The minimum absolute atomic E-state index is 0.634. The first kappa shape index (κ1) is 15.9. The van der Waals surface area contributed by atoms with Crippen molar-refractivity contribution in [2.75, 3.05) is 25.1 Å². The largest absolute Gasteiger partial charge is 0.497 e. The van der Waals surface area contributed by atoms with Gasteiger partial charge >= 0.3 is 0 Å². The van der Waals surface area contributed by atoms with Crippen LogP contribution in [0.3, 0.4) is 0 Å². The third-order valence-electron chi connectivity index (χ3n) is 4.81. The van der Waals surface area contributed by atoms with Crippen molar-refractivity contribution in [1.82, 2.24) is 19.6 Å². The van der Waals surface area contributed by atoms with Crippen molar-refractivity contribution in [3.05, 3.63) is 36.7 Å². The number of aromatic nitrogens is 4. The number of hydrogen-bond acceptors (Lipinski definition) is 5. The molecule has 0 unspecified atom stereocenters. The second-order valence-corrected chi connectivity index (χ2v) is 7.05. The Balaban J connectivity index is 1.79. The average Bonchev–Trinajstić information content (AvgIpc) is 3.08. The lowest BCUT2D eigenvalue weighted by Gasteiger charge is -2.36. The number of fused-ring (bicyclic) bond motifs is 1. The minimum Gasteiger partial charge on any atom is -0.497 e. The van der Waals surface area contributed by atoms with Gasteiger partial charge in [-0.1, -0.05) is 13.8 Å². The van der Waals surface area contributed by atoms with E-state index in [2.05, 4.69) is 39.9 Å². The topological polar surface area (TPSA) is 55.6 Å². The fraction of sp³-hybridized carbons (Fsp3) is 0.421. The van der Waals surface area contributed by atoms with Gasteiger partial charge in [-0.3, -0.25) is 0 Å². The Morgan fingerprint density at radius 1 is 1.08 bits per heavy atom. The molecule has 3 aromatic rings. The van der Waals surface area contributed by atoms with Crippen LogP contribution in [0.15, 0.2) is 36.7 Å². The van der Waals surface area contributed by atoms with Crippen LogP contribution >= 0.6 is 0 Å². The summed E-state index contributed by atoms with van der Waals surface area (Å²) in [6.07, 6.45) is 2.84. The van der Waals surface area contributed by atoms with E-state index in [4.69, 9.17) is 4.74 Å². The van der Waals surface area contributed by atoms with Crippen LogP contribution in [-0.2, 0) is 0 Å². The maximum absolute atomic E-state index is 5.25. The van der Waals surface area contributed by atoms with Gasteiger partial charge in [-0.2, -0.15) is 14.6 Å². The van der Waals surface area contributed by atoms with Crippen molar-refractivity contribution in [1.29, 1.82) is 0 Å². The Morgan fingerprint density at radius 2 is 1.80 bits per heavy atom. The molecule has 4 rings (SSSR count). The lowest BCUT2D eigenvalue weighted by atomic mass is 9.92. The highest BCUT2D eigenvalue weighted by Crippen LogP contribution is 2.29. The maximum Gasteiger partial charge on any atom is 0.254 e. The van der Waals surface area contributed by atoms with Crippen LogP contribution in [0.25, 0.3) is 17.0 Å². The number of benzene rings is 1. The number of piperidine rings is 1. The average molecular weight is 337 g/mol.